The molecule has 0 unspecified atom stereocenters. The monoisotopic (exact) mass is 372 g/mol. The van der Waals surface area contributed by atoms with E-state index in [9.17, 15) is 9.90 Å². The molecule has 0 spiro atoms. The molecule has 1 aliphatic carbocycles. The van der Waals surface area contributed by atoms with Gasteiger partial charge in [-0.25, -0.2) is 0 Å². The highest BCUT2D eigenvalue weighted by molar-refractivity contribution is 6.47. The number of aliphatic hydroxyl groups is 1. The van der Waals surface area contributed by atoms with Gasteiger partial charge in [0.2, 0.25) is 0 Å². The van der Waals surface area contributed by atoms with E-state index in [1.165, 1.54) is 5.56 Å². The highest BCUT2D eigenvalue weighted by atomic mass is 16.5. The molecule has 2 rings (SSSR count). The van der Waals surface area contributed by atoms with Gasteiger partial charge in [0.05, 0.1) is 11.2 Å². The molecule has 1 radical (unpaired) electrons. The Bertz CT molecular complexity index is 709. The third-order valence-electron chi connectivity index (χ3n) is 6.17. The average molecular weight is 372 g/mol. The topological polar surface area (TPSA) is 49.8 Å². The fourth-order valence-electron chi connectivity index (χ4n) is 2.53. The minimum atomic E-state index is -0.991. The number of nitrogens with zero attached hydrogens (tertiary/aromatic N) is 1. The standard InChI is InChI=1S/C22H35BNO3/c1-19(2,3)24(9)18(25)15-12-16(22(8)10-11-22)14-17(13-15)23-27-21(6,7)20(4,5)26/h12-14,26H,10-11H2,1-9H3. The van der Waals surface area contributed by atoms with Gasteiger partial charge < -0.3 is 14.7 Å². The molecule has 0 bridgehead atoms. The molecule has 1 aromatic carbocycles. The third-order valence-corrected chi connectivity index (χ3v) is 6.17. The first-order chi connectivity index (χ1) is 12.1. The zero-order valence-corrected chi connectivity index (χ0v) is 18.4. The van der Waals surface area contributed by atoms with Crippen LogP contribution in [0, 0.1) is 0 Å². The molecule has 1 amide bonds. The van der Waals surface area contributed by atoms with Crippen LogP contribution in [0.1, 0.15) is 84.2 Å². The summed E-state index contributed by atoms with van der Waals surface area (Å²) < 4.78 is 5.93. The molecular formula is C22H35BNO3. The quantitative estimate of drug-likeness (QED) is 0.779. The highest BCUT2D eigenvalue weighted by Gasteiger charge is 2.40. The molecule has 0 atom stereocenters. The van der Waals surface area contributed by atoms with E-state index in [0.717, 1.165) is 18.3 Å². The van der Waals surface area contributed by atoms with Crippen LogP contribution in [0.15, 0.2) is 18.2 Å². The molecule has 0 heterocycles. The van der Waals surface area contributed by atoms with Crippen LogP contribution in [0.4, 0.5) is 0 Å². The lowest BCUT2D eigenvalue weighted by Crippen LogP contribution is -2.49. The van der Waals surface area contributed by atoms with Crippen molar-refractivity contribution in [1.29, 1.82) is 0 Å². The van der Waals surface area contributed by atoms with E-state index in [-0.39, 0.29) is 16.9 Å². The fraction of sp³-hybridized carbons (Fsp3) is 0.682. The lowest BCUT2D eigenvalue weighted by molar-refractivity contribution is -0.0893. The molecule has 1 saturated carbocycles. The van der Waals surface area contributed by atoms with Gasteiger partial charge in [-0.15, -0.1) is 0 Å². The van der Waals surface area contributed by atoms with E-state index in [1.807, 2.05) is 53.8 Å². The van der Waals surface area contributed by atoms with Gasteiger partial charge in [-0.1, -0.05) is 24.5 Å². The Morgan fingerprint density at radius 3 is 2.11 bits per heavy atom. The van der Waals surface area contributed by atoms with Crippen LogP contribution in [-0.2, 0) is 10.1 Å². The minimum absolute atomic E-state index is 0.00463. The average Bonchev–Trinajstić information content (AvgIpc) is 3.28. The van der Waals surface area contributed by atoms with Crippen LogP contribution in [0.25, 0.3) is 0 Å². The molecule has 27 heavy (non-hydrogen) atoms. The number of carbonyl (C=O) groups is 1. The Kier molecular flexibility index (Phi) is 5.64. The summed E-state index contributed by atoms with van der Waals surface area (Å²) in [4.78, 5) is 14.8. The van der Waals surface area contributed by atoms with E-state index < -0.39 is 11.2 Å². The molecule has 0 aliphatic heterocycles. The molecule has 0 saturated heterocycles. The van der Waals surface area contributed by atoms with Gasteiger partial charge in [0, 0.05) is 18.2 Å². The van der Waals surface area contributed by atoms with E-state index >= 15 is 0 Å². The first-order valence-electron chi connectivity index (χ1n) is 9.74. The van der Waals surface area contributed by atoms with E-state index in [1.54, 1.807) is 26.2 Å². The maximum Gasteiger partial charge on any atom is 0.330 e. The zero-order valence-electron chi connectivity index (χ0n) is 18.4. The molecule has 1 fully saturated rings. The molecule has 5 heteroatoms. The predicted molar refractivity (Wildman–Crippen MR) is 112 cm³/mol. The first kappa shape index (κ1) is 22.0. The second kappa shape index (κ2) is 6.93. The number of carbonyl (C=O) groups excluding carboxylic acids is 1. The first-order valence-corrected chi connectivity index (χ1v) is 9.74. The number of rotatable bonds is 6. The Hall–Kier alpha value is -1.33. The Morgan fingerprint density at radius 2 is 1.67 bits per heavy atom. The summed E-state index contributed by atoms with van der Waals surface area (Å²) in [5, 5.41) is 10.3. The second-order valence-electron chi connectivity index (χ2n) is 10.2. The molecular weight excluding hydrogens is 337 g/mol. The Labute approximate surface area is 165 Å². The summed E-state index contributed by atoms with van der Waals surface area (Å²) in [6, 6.07) is 6.00. The number of amides is 1. The second-order valence-corrected chi connectivity index (χ2v) is 10.2. The van der Waals surface area contributed by atoms with Gasteiger partial charge in [-0.2, -0.15) is 0 Å². The summed E-state index contributed by atoms with van der Waals surface area (Å²) in [7, 11) is 3.51. The lowest BCUT2D eigenvalue weighted by Gasteiger charge is -2.37. The number of benzene rings is 1. The number of hydrogen-bond donors (Lipinski definition) is 1. The Morgan fingerprint density at radius 1 is 1.11 bits per heavy atom. The van der Waals surface area contributed by atoms with Gasteiger partial charge in [-0.05, 0) is 78.4 Å². The van der Waals surface area contributed by atoms with Crippen molar-refractivity contribution >= 4 is 18.9 Å². The molecule has 1 N–H and O–H groups in total. The van der Waals surface area contributed by atoms with Crippen molar-refractivity contribution < 1.29 is 14.6 Å². The van der Waals surface area contributed by atoms with Crippen LogP contribution in [0.3, 0.4) is 0 Å². The molecule has 149 valence electrons. The SMILES string of the molecule is CN(C(=O)c1cc([B]OC(C)(C)C(C)(C)O)cc(C2(C)CC2)c1)C(C)(C)C. The Balaban J connectivity index is 2.34. The lowest BCUT2D eigenvalue weighted by atomic mass is 9.79. The highest BCUT2D eigenvalue weighted by Crippen LogP contribution is 2.47. The minimum Gasteiger partial charge on any atom is -0.427 e. The van der Waals surface area contributed by atoms with Crippen molar-refractivity contribution in [1.82, 2.24) is 4.90 Å². The summed E-state index contributed by atoms with van der Waals surface area (Å²) in [6.45, 7) is 15.5. The van der Waals surface area contributed by atoms with Crippen LogP contribution in [0.5, 0.6) is 0 Å². The fourth-order valence-corrected chi connectivity index (χ4v) is 2.53. The van der Waals surface area contributed by atoms with E-state index in [2.05, 4.69) is 13.0 Å². The van der Waals surface area contributed by atoms with Crippen molar-refractivity contribution in [3.05, 3.63) is 29.3 Å². The maximum atomic E-state index is 13.0. The molecule has 1 aromatic rings. The molecule has 4 nitrogen and oxygen atoms in total. The largest absolute Gasteiger partial charge is 0.427 e. The van der Waals surface area contributed by atoms with E-state index in [4.69, 9.17) is 4.65 Å². The summed E-state index contributed by atoms with van der Waals surface area (Å²) in [5.41, 5.74) is 0.849. The van der Waals surface area contributed by atoms with Crippen molar-refractivity contribution in [3.8, 4) is 0 Å². The maximum absolute atomic E-state index is 13.0. The van der Waals surface area contributed by atoms with Crippen LogP contribution in [0.2, 0.25) is 0 Å². The van der Waals surface area contributed by atoms with E-state index in [0.29, 0.717) is 5.56 Å². The van der Waals surface area contributed by atoms with Crippen molar-refractivity contribution in [2.45, 2.75) is 90.4 Å². The van der Waals surface area contributed by atoms with Crippen molar-refractivity contribution in [2.75, 3.05) is 7.05 Å². The van der Waals surface area contributed by atoms with Gasteiger partial charge in [0.25, 0.3) is 5.91 Å². The van der Waals surface area contributed by atoms with Gasteiger partial charge >= 0.3 is 7.48 Å². The summed E-state index contributed by atoms with van der Waals surface area (Å²) >= 11 is 0. The predicted octanol–water partition coefficient (Wildman–Crippen LogP) is 3.42. The molecule has 1 aliphatic rings. The molecule has 0 aromatic heterocycles. The van der Waals surface area contributed by atoms with Crippen molar-refractivity contribution in [3.63, 3.8) is 0 Å². The smallest absolute Gasteiger partial charge is 0.330 e. The zero-order chi connectivity index (χ0) is 20.8. The van der Waals surface area contributed by atoms with Gasteiger partial charge in [0.15, 0.2) is 0 Å². The van der Waals surface area contributed by atoms with Crippen molar-refractivity contribution in [2.24, 2.45) is 0 Å². The van der Waals surface area contributed by atoms with Gasteiger partial charge in [-0.3, -0.25) is 4.79 Å². The van der Waals surface area contributed by atoms with Gasteiger partial charge in [0.1, 0.15) is 0 Å². The summed E-state index contributed by atoms with van der Waals surface area (Å²) in [5.74, 6) is 0.00463. The number of hydrogen-bond acceptors (Lipinski definition) is 3. The third kappa shape index (κ3) is 4.94. The summed E-state index contributed by atoms with van der Waals surface area (Å²) in [6.07, 6.45) is 2.27. The normalized spacial score (nSPS) is 16.8. The van der Waals surface area contributed by atoms with Crippen LogP contribution >= 0.6 is 0 Å². The van der Waals surface area contributed by atoms with Crippen LogP contribution < -0.4 is 5.46 Å². The van der Waals surface area contributed by atoms with Crippen LogP contribution in [-0.4, -0.2) is 47.2 Å².